The lowest BCUT2D eigenvalue weighted by Gasteiger charge is -2.26. The van der Waals surface area contributed by atoms with E-state index in [9.17, 15) is 0 Å². The molecule has 8 aromatic carbocycles. The van der Waals surface area contributed by atoms with Gasteiger partial charge in [-0.05, 0) is 115 Å². The van der Waals surface area contributed by atoms with Crippen LogP contribution in [0.5, 0.6) is 0 Å². The molecular formula is C53H42. The highest BCUT2D eigenvalue weighted by atomic mass is 14.4. The van der Waals surface area contributed by atoms with Crippen LogP contribution in [-0.2, 0) is 5.41 Å². The van der Waals surface area contributed by atoms with E-state index in [-0.39, 0.29) is 5.41 Å². The van der Waals surface area contributed by atoms with Gasteiger partial charge in [0.05, 0.1) is 0 Å². The van der Waals surface area contributed by atoms with Crippen LogP contribution in [0.25, 0.3) is 66.4 Å². The first-order valence-corrected chi connectivity index (χ1v) is 18.7. The van der Waals surface area contributed by atoms with E-state index in [4.69, 9.17) is 0 Å². The van der Waals surface area contributed by atoms with Crippen LogP contribution in [0.3, 0.4) is 0 Å². The molecule has 1 aliphatic carbocycles. The summed E-state index contributed by atoms with van der Waals surface area (Å²) in [6.07, 6.45) is 0. The van der Waals surface area contributed by atoms with E-state index < -0.39 is 0 Å². The van der Waals surface area contributed by atoms with E-state index in [1.165, 1.54) is 99.8 Å². The van der Waals surface area contributed by atoms with Gasteiger partial charge < -0.3 is 0 Å². The van der Waals surface area contributed by atoms with E-state index in [0.717, 1.165) is 0 Å². The molecule has 254 valence electrons. The molecule has 0 fully saturated rings. The van der Waals surface area contributed by atoms with Crippen molar-refractivity contribution in [3.63, 3.8) is 0 Å². The maximum atomic E-state index is 2.47. The van der Waals surface area contributed by atoms with Crippen molar-refractivity contribution < 1.29 is 0 Å². The molecule has 0 spiro atoms. The van der Waals surface area contributed by atoms with Gasteiger partial charge in [-0.1, -0.05) is 195 Å². The Morgan fingerprint density at radius 3 is 1.47 bits per heavy atom. The minimum atomic E-state index is -0.193. The van der Waals surface area contributed by atoms with Gasteiger partial charge in [0.15, 0.2) is 0 Å². The van der Waals surface area contributed by atoms with Crippen molar-refractivity contribution in [1.29, 1.82) is 0 Å². The molecule has 8 aromatic rings. The molecule has 0 atom stereocenters. The zero-order valence-corrected chi connectivity index (χ0v) is 30.8. The summed E-state index contributed by atoms with van der Waals surface area (Å²) in [5.74, 6) is 0. The molecule has 0 saturated carbocycles. The Morgan fingerprint density at radius 2 is 0.811 bits per heavy atom. The Bertz CT molecular complexity index is 2650. The summed E-state index contributed by atoms with van der Waals surface area (Å²) < 4.78 is 0. The number of fused-ring (bicyclic) bond motifs is 2. The molecule has 0 radical (unpaired) electrons. The fraction of sp³-hybridized carbons (Fsp3) is 0.0943. The van der Waals surface area contributed by atoms with E-state index in [2.05, 4.69) is 210 Å². The number of benzene rings is 8. The van der Waals surface area contributed by atoms with Crippen molar-refractivity contribution in [2.24, 2.45) is 0 Å². The van der Waals surface area contributed by atoms with Gasteiger partial charge in [0, 0.05) is 5.41 Å². The number of hydrogen-bond acceptors (Lipinski definition) is 0. The van der Waals surface area contributed by atoms with Crippen molar-refractivity contribution in [2.75, 3.05) is 0 Å². The summed E-state index contributed by atoms with van der Waals surface area (Å²) in [7, 11) is 0. The van der Waals surface area contributed by atoms with Gasteiger partial charge in [-0.15, -0.1) is 0 Å². The van der Waals surface area contributed by atoms with Crippen LogP contribution in [0.2, 0.25) is 0 Å². The summed E-state index contributed by atoms with van der Waals surface area (Å²) in [5.41, 5.74) is 20.2. The normalized spacial score (nSPS) is 13.4. The second-order valence-corrected chi connectivity index (χ2v) is 15.1. The van der Waals surface area contributed by atoms with Crippen LogP contribution in [0, 0.1) is 13.8 Å². The molecule has 9 rings (SSSR count). The Labute approximate surface area is 313 Å². The first-order valence-electron chi connectivity index (χ1n) is 18.7. The van der Waals surface area contributed by atoms with Crippen LogP contribution < -0.4 is 0 Å². The highest BCUT2D eigenvalue weighted by Gasteiger charge is 2.39. The summed E-state index contributed by atoms with van der Waals surface area (Å²) in [6, 6.07) is 67.4. The standard InChI is InChI=1S/C53H42/c1-35-19-23-39(24-20-35)51-48-30-28-42(34-50(48)53(3,4)52(51)40-25-21-36(2)22-26-40)43-31-32-46(45-18-12-11-17-44(43)45)47-29-27-41(37-13-7-5-8-14-37)33-49(47)38-15-9-6-10-16-38/h5-34H,1-4H3. The first-order chi connectivity index (χ1) is 25.9. The van der Waals surface area contributed by atoms with Crippen molar-refractivity contribution >= 4 is 21.9 Å². The van der Waals surface area contributed by atoms with Gasteiger partial charge in [-0.3, -0.25) is 0 Å². The summed E-state index contributed by atoms with van der Waals surface area (Å²) in [5, 5.41) is 2.52. The average Bonchev–Trinajstić information content (AvgIpc) is 3.44. The van der Waals surface area contributed by atoms with Gasteiger partial charge in [0.25, 0.3) is 0 Å². The fourth-order valence-electron chi connectivity index (χ4n) is 8.51. The van der Waals surface area contributed by atoms with Crippen molar-refractivity contribution in [3.8, 4) is 44.5 Å². The Kier molecular flexibility index (Phi) is 8.05. The topological polar surface area (TPSA) is 0 Å². The Balaban J connectivity index is 1.20. The van der Waals surface area contributed by atoms with E-state index >= 15 is 0 Å². The molecule has 0 nitrogen and oxygen atoms in total. The lowest BCUT2D eigenvalue weighted by atomic mass is 9.77. The molecule has 0 saturated heterocycles. The van der Waals surface area contributed by atoms with Crippen LogP contribution in [-0.4, -0.2) is 0 Å². The van der Waals surface area contributed by atoms with E-state index in [1.54, 1.807) is 0 Å². The molecular weight excluding hydrogens is 637 g/mol. The Hall–Kier alpha value is -6.24. The molecule has 0 aliphatic heterocycles. The average molecular weight is 679 g/mol. The number of hydrogen-bond donors (Lipinski definition) is 0. The smallest absolute Gasteiger partial charge is 0.0165 e. The Morgan fingerprint density at radius 1 is 0.321 bits per heavy atom. The van der Waals surface area contributed by atoms with Gasteiger partial charge in [0.2, 0.25) is 0 Å². The molecule has 0 heteroatoms. The highest BCUT2D eigenvalue weighted by Crippen LogP contribution is 2.54. The van der Waals surface area contributed by atoms with Crippen molar-refractivity contribution in [3.05, 3.63) is 215 Å². The number of aryl methyl sites for hydroxylation is 2. The quantitative estimate of drug-likeness (QED) is 0.164. The molecule has 0 unspecified atom stereocenters. The predicted octanol–water partition coefficient (Wildman–Crippen LogP) is 14.4. The summed E-state index contributed by atoms with van der Waals surface area (Å²) >= 11 is 0. The number of allylic oxidation sites excluding steroid dienone is 1. The zero-order valence-electron chi connectivity index (χ0n) is 30.8. The lowest BCUT2D eigenvalue weighted by Crippen LogP contribution is -2.16. The second-order valence-electron chi connectivity index (χ2n) is 15.1. The van der Waals surface area contributed by atoms with Crippen molar-refractivity contribution in [2.45, 2.75) is 33.1 Å². The highest BCUT2D eigenvalue weighted by molar-refractivity contribution is 6.10. The minimum absolute atomic E-state index is 0.193. The van der Waals surface area contributed by atoms with Gasteiger partial charge in [-0.2, -0.15) is 0 Å². The summed E-state index contributed by atoms with van der Waals surface area (Å²) in [4.78, 5) is 0. The van der Waals surface area contributed by atoms with Crippen molar-refractivity contribution in [1.82, 2.24) is 0 Å². The monoisotopic (exact) mass is 678 g/mol. The molecule has 0 N–H and O–H groups in total. The number of rotatable bonds is 6. The molecule has 0 aromatic heterocycles. The lowest BCUT2D eigenvalue weighted by molar-refractivity contribution is 0.704. The second kappa shape index (κ2) is 13.1. The minimum Gasteiger partial charge on any atom is -0.0622 e. The molecule has 0 amide bonds. The third kappa shape index (κ3) is 5.72. The third-order valence-corrected chi connectivity index (χ3v) is 11.3. The largest absolute Gasteiger partial charge is 0.0622 e. The van der Waals surface area contributed by atoms with Gasteiger partial charge in [-0.25, -0.2) is 0 Å². The molecule has 53 heavy (non-hydrogen) atoms. The van der Waals surface area contributed by atoms with Crippen LogP contribution >= 0.6 is 0 Å². The SMILES string of the molecule is Cc1ccc(C2=C(c3ccc(C)cc3)C(C)(C)c3cc(-c4ccc(-c5ccc(-c6ccccc6)cc5-c5ccccc5)c5ccccc45)ccc32)cc1. The molecule has 1 aliphatic rings. The fourth-order valence-corrected chi connectivity index (χ4v) is 8.51. The first kappa shape index (κ1) is 32.7. The van der Waals surface area contributed by atoms with E-state index in [1.807, 2.05) is 0 Å². The zero-order chi connectivity index (χ0) is 36.1. The van der Waals surface area contributed by atoms with Crippen LogP contribution in [0.1, 0.15) is 47.2 Å². The van der Waals surface area contributed by atoms with Gasteiger partial charge >= 0.3 is 0 Å². The molecule has 0 bridgehead atoms. The summed E-state index contributed by atoms with van der Waals surface area (Å²) in [6.45, 7) is 9.13. The maximum absolute atomic E-state index is 2.47. The van der Waals surface area contributed by atoms with Crippen LogP contribution in [0.4, 0.5) is 0 Å². The van der Waals surface area contributed by atoms with E-state index in [0.29, 0.717) is 0 Å². The maximum Gasteiger partial charge on any atom is 0.0165 e. The molecule has 0 heterocycles. The van der Waals surface area contributed by atoms with Gasteiger partial charge in [0.1, 0.15) is 0 Å². The third-order valence-electron chi connectivity index (χ3n) is 11.3. The van der Waals surface area contributed by atoms with Crippen LogP contribution in [0.15, 0.2) is 182 Å². The predicted molar refractivity (Wildman–Crippen MR) is 227 cm³/mol.